The van der Waals surface area contributed by atoms with Crippen molar-refractivity contribution in [1.82, 2.24) is 4.90 Å². The fourth-order valence-electron chi connectivity index (χ4n) is 6.14. The van der Waals surface area contributed by atoms with E-state index in [0.29, 0.717) is 44.5 Å². The lowest BCUT2D eigenvalue weighted by Crippen LogP contribution is -2.47. The van der Waals surface area contributed by atoms with E-state index in [1.807, 2.05) is 48.5 Å². The molecule has 0 saturated carbocycles. The van der Waals surface area contributed by atoms with Gasteiger partial charge in [-0.15, -0.1) is 0 Å². The molecule has 1 heterocycles. The van der Waals surface area contributed by atoms with E-state index in [4.69, 9.17) is 9.47 Å². The molecule has 1 amide bonds. The number of unbranched alkanes of at least 4 members (excludes halogenated alkanes) is 1. The monoisotopic (exact) mass is 547 g/mol. The fraction of sp³-hybridized carbons (Fsp3) is 0.441. The number of methoxy groups -OCH3 is 1. The molecule has 4 rings (SSSR count). The van der Waals surface area contributed by atoms with Gasteiger partial charge < -0.3 is 19.5 Å². The van der Waals surface area contributed by atoms with Crippen LogP contribution in [0.3, 0.4) is 0 Å². The summed E-state index contributed by atoms with van der Waals surface area (Å²) >= 11 is 0. The van der Waals surface area contributed by atoms with Gasteiger partial charge in [-0.2, -0.15) is 0 Å². The summed E-state index contributed by atoms with van der Waals surface area (Å²) < 4.78 is 26.5. The Labute approximate surface area is 237 Å². The van der Waals surface area contributed by atoms with Crippen LogP contribution in [-0.4, -0.2) is 49.5 Å². The first-order valence-electron chi connectivity index (χ1n) is 14.5. The summed E-state index contributed by atoms with van der Waals surface area (Å²) in [6.07, 6.45) is 4.36. The summed E-state index contributed by atoms with van der Waals surface area (Å²) in [5.41, 5.74) is 3.71. The number of hydrogen-bond acceptors (Lipinski definition) is 4. The molecular weight excluding hydrogens is 505 g/mol. The zero-order valence-electron chi connectivity index (χ0n) is 23.8. The molecule has 0 bridgehead atoms. The summed E-state index contributed by atoms with van der Waals surface area (Å²) in [6, 6.07) is 23.0. The molecule has 0 spiro atoms. The number of amides is 1. The van der Waals surface area contributed by atoms with E-state index < -0.39 is 5.41 Å². The zero-order chi connectivity index (χ0) is 28.4. The first-order chi connectivity index (χ1) is 19.5. The predicted molar refractivity (Wildman–Crippen MR) is 157 cm³/mol. The standard InChI is InChI=1S/C34H42FNO4/c1-3-26-13-9-14-28(23-26)32-30(15-10-16-31(32)35)34(25-37,19-7-8-22-39-2)29-17-20-36(21-18-29)33(38)40-24-27-11-5-4-6-12-27/h4-6,9-16,23,29,37H,3,7-8,17-22,24-25H2,1-2H3/t34-/m0/s1. The fourth-order valence-corrected chi connectivity index (χ4v) is 6.14. The van der Waals surface area contributed by atoms with Gasteiger partial charge in [-0.05, 0) is 66.3 Å². The number of benzene rings is 3. The molecule has 3 aromatic rings. The summed E-state index contributed by atoms with van der Waals surface area (Å²) in [5.74, 6) is -0.199. The van der Waals surface area contributed by atoms with Crippen molar-refractivity contribution in [3.8, 4) is 11.1 Å². The van der Waals surface area contributed by atoms with Crippen LogP contribution in [0.5, 0.6) is 0 Å². The van der Waals surface area contributed by atoms with Gasteiger partial charge in [0.15, 0.2) is 0 Å². The summed E-state index contributed by atoms with van der Waals surface area (Å²) in [5, 5.41) is 11.1. The summed E-state index contributed by atoms with van der Waals surface area (Å²) in [4.78, 5) is 14.6. The average molecular weight is 548 g/mol. The highest BCUT2D eigenvalue weighted by molar-refractivity contribution is 5.71. The van der Waals surface area contributed by atoms with Crippen molar-refractivity contribution in [2.45, 2.75) is 57.5 Å². The molecule has 0 aromatic heterocycles. The maximum atomic E-state index is 15.7. The number of aliphatic hydroxyl groups is 1. The molecule has 0 unspecified atom stereocenters. The van der Waals surface area contributed by atoms with Gasteiger partial charge in [0.1, 0.15) is 12.4 Å². The third-order valence-corrected chi connectivity index (χ3v) is 8.42. The molecule has 1 fully saturated rings. The Morgan fingerprint density at radius 3 is 2.42 bits per heavy atom. The van der Waals surface area contributed by atoms with Crippen LogP contribution >= 0.6 is 0 Å². The number of carbonyl (C=O) groups excluding carboxylic acids is 1. The molecule has 1 saturated heterocycles. The second kappa shape index (κ2) is 14.4. The molecule has 1 aliphatic heterocycles. The molecule has 5 nitrogen and oxygen atoms in total. The average Bonchev–Trinajstić information content (AvgIpc) is 3.01. The summed E-state index contributed by atoms with van der Waals surface area (Å²) in [7, 11) is 1.69. The number of halogens is 1. The van der Waals surface area contributed by atoms with Crippen molar-refractivity contribution in [3.63, 3.8) is 0 Å². The molecular formula is C34H42FNO4. The smallest absolute Gasteiger partial charge is 0.410 e. The largest absolute Gasteiger partial charge is 0.445 e. The third kappa shape index (κ3) is 6.91. The molecule has 1 N–H and O–H groups in total. The van der Waals surface area contributed by atoms with E-state index in [1.54, 1.807) is 18.1 Å². The van der Waals surface area contributed by atoms with E-state index in [2.05, 4.69) is 19.1 Å². The van der Waals surface area contributed by atoms with Crippen LogP contribution in [0.25, 0.3) is 11.1 Å². The predicted octanol–water partition coefficient (Wildman–Crippen LogP) is 7.15. The molecule has 214 valence electrons. The van der Waals surface area contributed by atoms with Gasteiger partial charge in [-0.1, -0.05) is 80.1 Å². The van der Waals surface area contributed by atoms with E-state index >= 15 is 4.39 Å². The van der Waals surface area contributed by atoms with Crippen LogP contribution < -0.4 is 0 Å². The molecule has 6 heteroatoms. The number of aliphatic hydroxyl groups excluding tert-OH is 1. The van der Waals surface area contributed by atoms with Crippen molar-refractivity contribution in [1.29, 1.82) is 0 Å². The molecule has 0 aliphatic carbocycles. The van der Waals surface area contributed by atoms with Gasteiger partial charge in [0.2, 0.25) is 0 Å². The van der Waals surface area contributed by atoms with Crippen LogP contribution in [0.1, 0.15) is 55.7 Å². The van der Waals surface area contributed by atoms with E-state index in [9.17, 15) is 9.90 Å². The van der Waals surface area contributed by atoms with Gasteiger partial charge in [0, 0.05) is 37.8 Å². The van der Waals surface area contributed by atoms with Crippen molar-refractivity contribution >= 4 is 6.09 Å². The number of ether oxygens (including phenoxy) is 2. The zero-order valence-corrected chi connectivity index (χ0v) is 23.8. The number of aryl methyl sites for hydroxylation is 1. The Morgan fingerprint density at radius 1 is 1.00 bits per heavy atom. The van der Waals surface area contributed by atoms with Gasteiger partial charge in [0.25, 0.3) is 0 Å². The van der Waals surface area contributed by atoms with Gasteiger partial charge >= 0.3 is 6.09 Å². The maximum absolute atomic E-state index is 15.7. The van der Waals surface area contributed by atoms with Crippen LogP contribution in [-0.2, 0) is 27.9 Å². The topological polar surface area (TPSA) is 59.0 Å². The van der Waals surface area contributed by atoms with E-state index in [0.717, 1.165) is 41.5 Å². The number of carbonyl (C=O) groups is 1. The number of piperidine rings is 1. The van der Waals surface area contributed by atoms with Gasteiger partial charge in [0.05, 0.1) is 6.61 Å². The quantitative estimate of drug-likeness (QED) is 0.245. The highest BCUT2D eigenvalue weighted by Gasteiger charge is 2.43. The second-order valence-electron chi connectivity index (χ2n) is 10.8. The van der Waals surface area contributed by atoms with Crippen LogP contribution in [0.2, 0.25) is 0 Å². The lowest BCUT2D eigenvalue weighted by atomic mass is 9.63. The van der Waals surface area contributed by atoms with Crippen molar-refractivity contribution < 1.29 is 23.8 Å². The second-order valence-corrected chi connectivity index (χ2v) is 10.8. The Morgan fingerprint density at radius 2 is 1.73 bits per heavy atom. The number of likely N-dealkylation sites (tertiary alicyclic amines) is 1. The Hall–Kier alpha value is -3.22. The normalized spacial score (nSPS) is 15.6. The van der Waals surface area contributed by atoms with Crippen LogP contribution in [0.15, 0.2) is 72.8 Å². The van der Waals surface area contributed by atoms with Gasteiger partial charge in [-0.3, -0.25) is 0 Å². The van der Waals surface area contributed by atoms with E-state index in [1.165, 1.54) is 6.07 Å². The highest BCUT2D eigenvalue weighted by atomic mass is 19.1. The SMILES string of the molecule is CCc1cccc(-c2c(F)cccc2[C@](CO)(CCCCOC)C2CCN(C(=O)OCc3ccccc3)CC2)c1. The van der Waals surface area contributed by atoms with E-state index in [-0.39, 0.29) is 31.0 Å². The molecule has 3 aromatic carbocycles. The lowest BCUT2D eigenvalue weighted by molar-refractivity contribution is 0.0514. The minimum absolute atomic E-state index is 0.0770. The van der Waals surface area contributed by atoms with Crippen molar-refractivity contribution in [2.24, 2.45) is 5.92 Å². The first kappa shape index (κ1) is 29.8. The molecule has 1 aliphatic rings. The minimum atomic E-state index is -0.645. The minimum Gasteiger partial charge on any atom is -0.445 e. The molecule has 0 radical (unpaired) electrons. The van der Waals surface area contributed by atoms with Crippen molar-refractivity contribution in [2.75, 3.05) is 33.4 Å². The van der Waals surface area contributed by atoms with Crippen molar-refractivity contribution in [3.05, 3.63) is 95.3 Å². The molecule has 40 heavy (non-hydrogen) atoms. The Balaban J connectivity index is 1.60. The first-order valence-corrected chi connectivity index (χ1v) is 14.5. The highest BCUT2D eigenvalue weighted by Crippen LogP contribution is 2.47. The maximum Gasteiger partial charge on any atom is 0.410 e. The third-order valence-electron chi connectivity index (χ3n) is 8.42. The lowest BCUT2D eigenvalue weighted by Gasteiger charge is -2.45. The molecule has 1 atom stereocenters. The van der Waals surface area contributed by atoms with Crippen LogP contribution in [0, 0.1) is 11.7 Å². The number of rotatable bonds is 12. The Bertz CT molecular complexity index is 1230. The summed E-state index contributed by atoms with van der Waals surface area (Å²) in [6.45, 7) is 3.95. The number of hydrogen-bond donors (Lipinski definition) is 1. The van der Waals surface area contributed by atoms with Crippen LogP contribution in [0.4, 0.5) is 9.18 Å². The Kier molecular flexibility index (Phi) is 10.7. The number of nitrogens with zero attached hydrogens (tertiary/aromatic N) is 1. The van der Waals surface area contributed by atoms with Gasteiger partial charge in [-0.25, -0.2) is 9.18 Å².